The highest BCUT2D eigenvalue weighted by atomic mass is 32.1. The minimum Gasteiger partial charge on any atom is -0.455 e. The second-order valence-electron chi connectivity index (χ2n) is 7.10. The molecule has 0 saturated carbocycles. The predicted molar refractivity (Wildman–Crippen MR) is 125 cm³/mol. The van der Waals surface area contributed by atoms with Crippen molar-refractivity contribution >= 4 is 38.9 Å². The van der Waals surface area contributed by atoms with E-state index in [1.807, 2.05) is 36.4 Å². The summed E-state index contributed by atoms with van der Waals surface area (Å²) < 4.78 is 6.10. The minimum atomic E-state index is -0.477. The summed E-state index contributed by atoms with van der Waals surface area (Å²) in [7, 11) is 0. The topological polar surface area (TPSA) is 122 Å². The monoisotopic (exact) mass is 442 g/mol. The molecule has 8 heteroatoms. The second-order valence-corrected chi connectivity index (χ2v) is 7.95. The van der Waals surface area contributed by atoms with Crippen molar-refractivity contribution in [3.05, 3.63) is 86.7 Å². The van der Waals surface area contributed by atoms with E-state index in [-0.39, 0.29) is 22.1 Å². The van der Waals surface area contributed by atoms with E-state index in [0.29, 0.717) is 33.2 Å². The van der Waals surface area contributed by atoms with Crippen molar-refractivity contribution in [3.8, 4) is 17.4 Å². The number of carbonyl (C=O) groups is 1. The fourth-order valence-corrected chi connectivity index (χ4v) is 4.01. The van der Waals surface area contributed by atoms with Crippen LogP contribution in [-0.4, -0.2) is 10.9 Å². The molecule has 4 aromatic rings. The Labute approximate surface area is 187 Å². The van der Waals surface area contributed by atoms with Gasteiger partial charge in [-0.1, -0.05) is 36.4 Å². The van der Waals surface area contributed by atoms with Gasteiger partial charge < -0.3 is 10.2 Å². The standard InChI is InChI=1S/C24H18N4O3S/c1-13-20(29)16-9-6-10-17(22(16)31-21(13)15-7-4-3-5-8-15)23(30)28-24-27-19(12-32-24)18(11-25)14(2)26/h3-10,12H,26H2,1-2H3,(H,27,28,30)/b18-14-. The van der Waals surface area contributed by atoms with Crippen LogP contribution in [0.15, 0.2) is 68.8 Å². The molecule has 2 heterocycles. The molecule has 0 saturated heterocycles. The number of carbonyl (C=O) groups excluding carboxylic acids is 1. The molecule has 158 valence electrons. The molecule has 3 N–H and O–H groups in total. The summed E-state index contributed by atoms with van der Waals surface area (Å²) in [4.78, 5) is 30.3. The number of hydrogen-bond donors (Lipinski definition) is 2. The molecular weight excluding hydrogens is 424 g/mol. The number of nitrogens with two attached hydrogens (primary N) is 1. The molecule has 0 atom stereocenters. The van der Waals surface area contributed by atoms with Gasteiger partial charge in [0.25, 0.3) is 5.91 Å². The molecule has 2 aromatic carbocycles. The Kier molecular flexibility index (Phi) is 5.58. The number of allylic oxidation sites excluding steroid dienone is 2. The molecule has 4 rings (SSSR count). The molecule has 0 aliphatic carbocycles. The van der Waals surface area contributed by atoms with Gasteiger partial charge in [0.05, 0.1) is 22.2 Å². The van der Waals surface area contributed by atoms with E-state index in [2.05, 4.69) is 10.3 Å². The highest BCUT2D eigenvalue weighted by molar-refractivity contribution is 7.14. The lowest BCUT2D eigenvalue weighted by Crippen LogP contribution is -2.15. The van der Waals surface area contributed by atoms with Crippen LogP contribution in [0.3, 0.4) is 0 Å². The highest BCUT2D eigenvalue weighted by Gasteiger charge is 2.19. The van der Waals surface area contributed by atoms with Crippen LogP contribution >= 0.6 is 11.3 Å². The van der Waals surface area contributed by atoms with E-state index in [4.69, 9.17) is 10.2 Å². The van der Waals surface area contributed by atoms with Crippen LogP contribution < -0.4 is 16.5 Å². The van der Waals surface area contributed by atoms with Gasteiger partial charge in [-0.15, -0.1) is 11.3 Å². The number of thiazole rings is 1. The summed E-state index contributed by atoms with van der Waals surface area (Å²) in [5, 5.41) is 14.2. The zero-order chi connectivity index (χ0) is 22.8. The fraction of sp³-hybridized carbons (Fsp3) is 0.0833. The molecule has 0 aliphatic heterocycles. The summed E-state index contributed by atoms with van der Waals surface area (Å²) in [6.45, 7) is 3.32. The van der Waals surface area contributed by atoms with E-state index in [9.17, 15) is 14.9 Å². The molecule has 32 heavy (non-hydrogen) atoms. The van der Waals surface area contributed by atoms with Gasteiger partial charge in [-0.25, -0.2) is 4.98 Å². The third kappa shape index (κ3) is 3.77. The van der Waals surface area contributed by atoms with Crippen LogP contribution in [0.5, 0.6) is 0 Å². The Hall–Kier alpha value is -4.22. The van der Waals surface area contributed by atoms with Crippen molar-refractivity contribution in [1.29, 1.82) is 5.26 Å². The van der Waals surface area contributed by atoms with Crippen LogP contribution in [0, 0.1) is 18.3 Å². The van der Waals surface area contributed by atoms with Gasteiger partial charge in [0.2, 0.25) is 0 Å². The van der Waals surface area contributed by atoms with Crippen LogP contribution in [0.2, 0.25) is 0 Å². The number of benzene rings is 2. The average Bonchev–Trinajstić information content (AvgIpc) is 3.24. The number of nitrogens with zero attached hydrogens (tertiary/aromatic N) is 2. The first kappa shape index (κ1) is 21.0. The Morgan fingerprint density at radius 1 is 1.19 bits per heavy atom. The number of aromatic nitrogens is 1. The third-order valence-electron chi connectivity index (χ3n) is 4.91. The maximum Gasteiger partial charge on any atom is 0.261 e. The van der Waals surface area contributed by atoms with E-state index in [1.54, 1.807) is 37.4 Å². The molecule has 0 fully saturated rings. The van der Waals surface area contributed by atoms with Gasteiger partial charge in [-0.05, 0) is 26.0 Å². The summed E-state index contributed by atoms with van der Waals surface area (Å²) >= 11 is 1.17. The highest BCUT2D eigenvalue weighted by Crippen LogP contribution is 2.28. The van der Waals surface area contributed by atoms with Gasteiger partial charge in [0.15, 0.2) is 16.1 Å². The van der Waals surface area contributed by atoms with E-state index in [1.165, 1.54) is 11.3 Å². The summed E-state index contributed by atoms with van der Waals surface area (Å²) in [5.41, 5.74) is 8.14. The number of nitrogens with one attached hydrogen (secondary N) is 1. The van der Waals surface area contributed by atoms with Gasteiger partial charge >= 0.3 is 0 Å². The van der Waals surface area contributed by atoms with Gasteiger partial charge in [-0.3, -0.25) is 14.9 Å². The Morgan fingerprint density at radius 3 is 2.62 bits per heavy atom. The first-order valence-corrected chi connectivity index (χ1v) is 10.5. The normalized spacial score (nSPS) is 11.7. The number of rotatable bonds is 4. The van der Waals surface area contributed by atoms with E-state index in [0.717, 1.165) is 5.56 Å². The molecule has 2 aromatic heterocycles. The zero-order valence-corrected chi connectivity index (χ0v) is 18.1. The molecular formula is C24H18N4O3S. The van der Waals surface area contributed by atoms with Crippen LogP contribution in [0.25, 0.3) is 27.9 Å². The van der Waals surface area contributed by atoms with Crippen molar-refractivity contribution in [2.45, 2.75) is 13.8 Å². The minimum absolute atomic E-state index is 0.196. The first-order valence-electron chi connectivity index (χ1n) is 9.66. The Balaban J connectivity index is 1.77. The average molecular weight is 443 g/mol. The lowest BCUT2D eigenvalue weighted by molar-refractivity contribution is 0.102. The second kappa shape index (κ2) is 8.49. The molecule has 0 aliphatic rings. The van der Waals surface area contributed by atoms with E-state index >= 15 is 0 Å². The van der Waals surface area contributed by atoms with Crippen molar-refractivity contribution in [2.24, 2.45) is 5.73 Å². The molecule has 0 unspecified atom stereocenters. The maximum atomic E-state index is 13.0. The summed E-state index contributed by atoms with van der Waals surface area (Å²) in [6, 6.07) is 16.1. The van der Waals surface area contributed by atoms with Crippen molar-refractivity contribution in [2.75, 3.05) is 5.32 Å². The fourth-order valence-electron chi connectivity index (χ4n) is 3.31. The quantitative estimate of drug-likeness (QED) is 0.442. The number of fused-ring (bicyclic) bond motifs is 1. The molecule has 1 amide bonds. The van der Waals surface area contributed by atoms with Crippen LogP contribution in [-0.2, 0) is 0 Å². The lowest BCUT2D eigenvalue weighted by atomic mass is 10.0. The van der Waals surface area contributed by atoms with Crippen molar-refractivity contribution in [1.82, 2.24) is 4.98 Å². The number of anilines is 1. The SMILES string of the molecule is C/C(N)=C(\C#N)c1csc(NC(=O)c2cccc3c(=O)c(C)c(-c4ccccc4)oc23)n1. The predicted octanol–water partition coefficient (Wildman–Crippen LogP) is 4.69. The molecule has 0 spiro atoms. The maximum absolute atomic E-state index is 13.0. The molecule has 0 bridgehead atoms. The first-order chi connectivity index (χ1) is 15.4. The smallest absolute Gasteiger partial charge is 0.261 e. The Morgan fingerprint density at radius 2 is 1.94 bits per heavy atom. The number of amides is 1. The number of para-hydroxylation sites is 1. The van der Waals surface area contributed by atoms with Gasteiger partial charge in [0.1, 0.15) is 11.8 Å². The lowest BCUT2D eigenvalue weighted by Gasteiger charge is -2.10. The summed E-state index contributed by atoms with van der Waals surface area (Å²) in [6.07, 6.45) is 0. The van der Waals surface area contributed by atoms with Crippen molar-refractivity contribution in [3.63, 3.8) is 0 Å². The largest absolute Gasteiger partial charge is 0.455 e. The molecule has 7 nitrogen and oxygen atoms in total. The van der Waals surface area contributed by atoms with E-state index < -0.39 is 5.91 Å². The zero-order valence-electron chi connectivity index (χ0n) is 17.3. The van der Waals surface area contributed by atoms with Crippen LogP contribution in [0.1, 0.15) is 28.5 Å². The molecule has 0 radical (unpaired) electrons. The Bertz CT molecular complexity index is 1470. The summed E-state index contributed by atoms with van der Waals surface area (Å²) in [5.74, 6) is -0.0587. The number of hydrogen-bond acceptors (Lipinski definition) is 7. The number of nitriles is 1. The van der Waals surface area contributed by atoms with Gasteiger partial charge in [-0.2, -0.15) is 5.26 Å². The van der Waals surface area contributed by atoms with Crippen LogP contribution in [0.4, 0.5) is 5.13 Å². The van der Waals surface area contributed by atoms with Crippen molar-refractivity contribution < 1.29 is 9.21 Å². The third-order valence-corrected chi connectivity index (χ3v) is 5.67. The van der Waals surface area contributed by atoms with Gasteiger partial charge in [0, 0.05) is 22.2 Å².